The van der Waals surface area contributed by atoms with Gasteiger partial charge in [0, 0.05) is 30.9 Å². The van der Waals surface area contributed by atoms with Gasteiger partial charge in [-0.2, -0.15) is 0 Å². The van der Waals surface area contributed by atoms with E-state index in [9.17, 15) is 16.8 Å². The highest BCUT2D eigenvalue weighted by Crippen LogP contribution is 2.15. The lowest BCUT2D eigenvalue weighted by molar-refractivity contribution is 0.179. The molecular weight excluding hydrogens is 350 g/mol. The zero-order valence-electron chi connectivity index (χ0n) is 14.8. The van der Waals surface area contributed by atoms with Crippen molar-refractivity contribution in [1.82, 2.24) is 9.62 Å². The van der Waals surface area contributed by atoms with Crippen molar-refractivity contribution < 1.29 is 16.8 Å². The van der Waals surface area contributed by atoms with Gasteiger partial charge in [-0.05, 0) is 52.0 Å². The predicted molar refractivity (Wildman–Crippen MR) is 97.1 cm³/mol. The number of anilines is 1. The molecule has 138 valence electrons. The molecule has 0 bridgehead atoms. The van der Waals surface area contributed by atoms with Crippen LogP contribution in [0, 0.1) is 0 Å². The molecule has 0 amide bonds. The van der Waals surface area contributed by atoms with Gasteiger partial charge in [-0.25, -0.2) is 21.6 Å². The first-order valence-corrected chi connectivity index (χ1v) is 11.1. The molecule has 0 aliphatic heterocycles. The quantitative estimate of drug-likeness (QED) is 0.679. The third kappa shape index (κ3) is 6.76. The molecular formula is C15H27N3O4S2. The fourth-order valence-electron chi connectivity index (χ4n) is 2.42. The van der Waals surface area contributed by atoms with Gasteiger partial charge in [0.2, 0.25) is 20.0 Å². The van der Waals surface area contributed by atoms with Crippen molar-refractivity contribution in [1.29, 1.82) is 0 Å². The summed E-state index contributed by atoms with van der Waals surface area (Å²) in [6.07, 6.45) is 1.04. The van der Waals surface area contributed by atoms with Crippen LogP contribution in [0.4, 0.5) is 5.69 Å². The fourth-order valence-corrected chi connectivity index (χ4v) is 4.01. The maximum absolute atomic E-state index is 12.3. The van der Waals surface area contributed by atoms with Crippen molar-refractivity contribution in [2.24, 2.45) is 0 Å². The van der Waals surface area contributed by atoms with Crippen LogP contribution in [0.2, 0.25) is 0 Å². The van der Waals surface area contributed by atoms with E-state index in [0.29, 0.717) is 30.9 Å². The maximum atomic E-state index is 12.3. The van der Waals surface area contributed by atoms with Crippen LogP contribution in [0.5, 0.6) is 0 Å². The van der Waals surface area contributed by atoms with Gasteiger partial charge < -0.3 is 0 Å². The summed E-state index contributed by atoms with van der Waals surface area (Å²) in [7, 11) is -7.01. The Morgan fingerprint density at radius 2 is 1.46 bits per heavy atom. The molecule has 0 heterocycles. The summed E-state index contributed by atoms with van der Waals surface area (Å²) in [5.41, 5.74) is 0.322. The number of rotatable bonds is 9. The Bertz CT molecular complexity index is 718. The van der Waals surface area contributed by atoms with E-state index >= 15 is 0 Å². The van der Waals surface area contributed by atoms with Gasteiger partial charge in [-0.1, -0.05) is 0 Å². The van der Waals surface area contributed by atoms with Crippen LogP contribution in [0.25, 0.3) is 0 Å². The van der Waals surface area contributed by atoms with Gasteiger partial charge in [0.05, 0.1) is 11.2 Å². The number of hydrogen-bond donors (Lipinski definition) is 2. The molecule has 0 atom stereocenters. The number of sulfonamides is 2. The van der Waals surface area contributed by atoms with Gasteiger partial charge >= 0.3 is 0 Å². The summed E-state index contributed by atoms with van der Waals surface area (Å²) < 4.78 is 51.7. The summed E-state index contributed by atoms with van der Waals surface area (Å²) >= 11 is 0. The summed E-state index contributed by atoms with van der Waals surface area (Å²) in [6.45, 7) is 9.21. The van der Waals surface area contributed by atoms with Crippen LogP contribution >= 0.6 is 0 Å². The second-order valence-electron chi connectivity index (χ2n) is 6.22. The first-order valence-electron chi connectivity index (χ1n) is 7.75. The lowest BCUT2D eigenvalue weighted by Crippen LogP contribution is -2.42. The molecule has 0 aromatic heterocycles. The van der Waals surface area contributed by atoms with E-state index < -0.39 is 20.0 Å². The predicted octanol–water partition coefficient (Wildman–Crippen LogP) is 1.46. The van der Waals surface area contributed by atoms with Crippen LogP contribution in [0.3, 0.4) is 0 Å². The van der Waals surface area contributed by atoms with Gasteiger partial charge in [0.15, 0.2) is 0 Å². The maximum Gasteiger partial charge on any atom is 0.240 e. The van der Waals surface area contributed by atoms with E-state index in [0.717, 1.165) is 6.26 Å². The highest BCUT2D eigenvalue weighted by atomic mass is 32.2. The van der Waals surface area contributed by atoms with Crippen molar-refractivity contribution in [2.45, 2.75) is 44.7 Å². The lowest BCUT2D eigenvalue weighted by atomic mass is 10.2. The second kappa shape index (κ2) is 8.28. The average molecular weight is 378 g/mol. The van der Waals surface area contributed by atoms with Crippen LogP contribution in [-0.2, 0) is 20.0 Å². The zero-order valence-corrected chi connectivity index (χ0v) is 16.4. The molecule has 9 heteroatoms. The van der Waals surface area contributed by atoms with E-state index in [-0.39, 0.29) is 4.90 Å². The Hall–Kier alpha value is -1.16. The Morgan fingerprint density at radius 1 is 0.958 bits per heavy atom. The van der Waals surface area contributed by atoms with E-state index in [1.54, 1.807) is 0 Å². The highest BCUT2D eigenvalue weighted by molar-refractivity contribution is 7.92. The molecule has 0 spiro atoms. The standard InChI is InChI=1S/C15H27N3O4S2/c1-12(2)18(13(3)4)11-10-16-24(21,22)15-8-6-14(7-9-15)17-23(5,19)20/h6-9,12-13,16-17H,10-11H2,1-5H3. The third-order valence-corrected chi connectivity index (χ3v) is 5.54. The monoisotopic (exact) mass is 377 g/mol. The van der Waals surface area contributed by atoms with Crippen molar-refractivity contribution in [3.63, 3.8) is 0 Å². The lowest BCUT2D eigenvalue weighted by Gasteiger charge is -2.30. The minimum absolute atomic E-state index is 0.0993. The first kappa shape index (κ1) is 20.9. The molecule has 0 aliphatic carbocycles. The minimum Gasteiger partial charge on any atom is -0.297 e. The number of nitrogens with one attached hydrogen (secondary N) is 2. The van der Waals surface area contributed by atoms with Gasteiger partial charge in [0.25, 0.3) is 0 Å². The normalized spacial score (nSPS) is 13.0. The Kier molecular flexibility index (Phi) is 7.21. The smallest absolute Gasteiger partial charge is 0.240 e. The van der Waals surface area contributed by atoms with Gasteiger partial charge in [0.1, 0.15) is 0 Å². The molecule has 2 N–H and O–H groups in total. The molecule has 1 aromatic rings. The molecule has 1 aromatic carbocycles. The molecule has 0 fully saturated rings. The first-order chi connectivity index (χ1) is 10.9. The van der Waals surface area contributed by atoms with Crippen LogP contribution < -0.4 is 9.44 Å². The summed E-state index contributed by atoms with van der Waals surface area (Å²) in [6, 6.07) is 6.25. The van der Waals surface area contributed by atoms with Crippen molar-refractivity contribution >= 4 is 25.7 Å². The van der Waals surface area contributed by atoms with Gasteiger partial charge in [-0.3, -0.25) is 9.62 Å². The summed E-state index contributed by atoms with van der Waals surface area (Å²) in [5, 5.41) is 0. The van der Waals surface area contributed by atoms with Crippen LogP contribution in [0.1, 0.15) is 27.7 Å². The van der Waals surface area contributed by atoms with Crippen molar-refractivity contribution in [2.75, 3.05) is 24.1 Å². The Labute approximate surface area is 145 Å². The van der Waals surface area contributed by atoms with Gasteiger partial charge in [-0.15, -0.1) is 0 Å². The summed E-state index contributed by atoms with van der Waals surface area (Å²) in [4.78, 5) is 2.30. The number of nitrogens with zero attached hydrogens (tertiary/aromatic N) is 1. The topological polar surface area (TPSA) is 95.6 Å². The molecule has 7 nitrogen and oxygen atoms in total. The molecule has 24 heavy (non-hydrogen) atoms. The highest BCUT2D eigenvalue weighted by Gasteiger charge is 2.17. The van der Waals surface area contributed by atoms with Crippen molar-refractivity contribution in [3.8, 4) is 0 Å². The number of benzene rings is 1. The van der Waals surface area contributed by atoms with Crippen LogP contribution in [-0.4, -0.2) is 53.2 Å². The molecule has 0 saturated heterocycles. The second-order valence-corrected chi connectivity index (χ2v) is 9.74. The molecule has 0 saturated carbocycles. The minimum atomic E-state index is -3.62. The Balaban J connectivity index is 2.72. The largest absolute Gasteiger partial charge is 0.297 e. The molecule has 0 aliphatic rings. The number of hydrogen-bond acceptors (Lipinski definition) is 5. The SMILES string of the molecule is CC(C)N(CCNS(=O)(=O)c1ccc(NS(C)(=O)=O)cc1)C(C)C. The van der Waals surface area contributed by atoms with E-state index in [1.165, 1.54) is 24.3 Å². The average Bonchev–Trinajstić information content (AvgIpc) is 2.41. The molecule has 0 radical (unpaired) electrons. The fraction of sp³-hybridized carbons (Fsp3) is 0.600. The van der Waals surface area contributed by atoms with Crippen molar-refractivity contribution in [3.05, 3.63) is 24.3 Å². The third-order valence-electron chi connectivity index (χ3n) is 3.46. The van der Waals surface area contributed by atoms with E-state index in [4.69, 9.17) is 0 Å². The summed E-state index contributed by atoms with van der Waals surface area (Å²) in [5.74, 6) is 0. The zero-order chi connectivity index (χ0) is 18.5. The van der Waals surface area contributed by atoms with E-state index in [2.05, 4.69) is 42.0 Å². The molecule has 0 unspecified atom stereocenters. The van der Waals surface area contributed by atoms with Crippen LogP contribution in [0.15, 0.2) is 29.2 Å². The Morgan fingerprint density at radius 3 is 1.88 bits per heavy atom. The molecule has 1 rings (SSSR count). The van der Waals surface area contributed by atoms with E-state index in [1.807, 2.05) is 0 Å².